The summed E-state index contributed by atoms with van der Waals surface area (Å²) in [6, 6.07) is 14.3. The number of nitrogens with two attached hydrogens (primary N) is 1. The highest BCUT2D eigenvalue weighted by molar-refractivity contribution is 9.10. The fourth-order valence-corrected chi connectivity index (χ4v) is 3.30. The molecule has 0 unspecified atom stereocenters. The van der Waals surface area contributed by atoms with Crippen LogP contribution >= 0.6 is 27.7 Å². The zero-order valence-corrected chi connectivity index (χ0v) is 13.2. The van der Waals surface area contributed by atoms with Crippen LogP contribution in [0.3, 0.4) is 0 Å². The van der Waals surface area contributed by atoms with Crippen molar-refractivity contribution in [2.45, 2.75) is 16.3 Å². The molecule has 0 amide bonds. The average Bonchev–Trinajstić information content (AvgIpc) is 2.80. The highest BCUT2D eigenvalue weighted by atomic mass is 79.9. The molecule has 2 N–H and O–H groups in total. The minimum atomic E-state index is 0.622. The molecule has 3 nitrogen and oxygen atoms in total. The van der Waals surface area contributed by atoms with Crippen molar-refractivity contribution in [1.82, 2.24) is 9.38 Å². The summed E-state index contributed by atoms with van der Waals surface area (Å²) in [5, 5.41) is 1.03. The largest absolute Gasteiger partial charge is 0.330 e. The standard InChI is InChI=1S/C15H14BrN3S/c16-11-4-6-12(7-5-11)20-15-13(8-9-17)19-10-2-1-3-14(19)18-15/h1-7,10H,8-9,17H2. The van der Waals surface area contributed by atoms with E-state index in [0.29, 0.717) is 6.54 Å². The first-order chi connectivity index (χ1) is 9.78. The second-order valence-electron chi connectivity index (χ2n) is 4.39. The Labute approximate surface area is 130 Å². The number of hydrogen-bond acceptors (Lipinski definition) is 3. The summed E-state index contributed by atoms with van der Waals surface area (Å²) in [5.74, 6) is 0. The first-order valence-electron chi connectivity index (χ1n) is 6.37. The summed E-state index contributed by atoms with van der Waals surface area (Å²) >= 11 is 5.13. The molecule has 1 aromatic carbocycles. The van der Waals surface area contributed by atoms with Crippen LogP contribution in [-0.2, 0) is 6.42 Å². The lowest BCUT2D eigenvalue weighted by Crippen LogP contribution is -2.05. The molecule has 0 aliphatic carbocycles. The monoisotopic (exact) mass is 347 g/mol. The zero-order valence-electron chi connectivity index (χ0n) is 10.8. The number of aromatic nitrogens is 2. The molecule has 0 aliphatic heterocycles. The van der Waals surface area contributed by atoms with Crippen molar-refractivity contribution in [3.8, 4) is 0 Å². The highest BCUT2D eigenvalue weighted by Gasteiger charge is 2.12. The van der Waals surface area contributed by atoms with Gasteiger partial charge in [-0.2, -0.15) is 0 Å². The van der Waals surface area contributed by atoms with Crippen molar-refractivity contribution in [3.63, 3.8) is 0 Å². The predicted molar refractivity (Wildman–Crippen MR) is 86.2 cm³/mol. The van der Waals surface area contributed by atoms with Gasteiger partial charge in [0.2, 0.25) is 0 Å². The van der Waals surface area contributed by atoms with Gasteiger partial charge >= 0.3 is 0 Å². The topological polar surface area (TPSA) is 43.3 Å². The van der Waals surface area contributed by atoms with Gasteiger partial charge in [-0.1, -0.05) is 33.8 Å². The third kappa shape index (κ3) is 2.75. The fraction of sp³-hybridized carbons (Fsp3) is 0.133. The van der Waals surface area contributed by atoms with E-state index in [9.17, 15) is 0 Å². The molecule has 3 aromatic rings. The van der Waals surface area contributed by atoms with Gasteiger partial charge in [0.15, 0.2) is 0 Å². The van der Waals surface area contributed by atoms with E-state index in [1.54, 1.807) is 11.8 Å². The maximum Gasteiger partial charge on any atom is 0.138 e. The molecule has 2 aromatic heterocycles. The molecule has 0 fully saturated rings. The molecule has 0 saturated carbocycles. The Bertz CT molecular complexity index is 722. The summed E-state index contributed by atoms with van der Waals surface area (Å²) in [6.45, 7) is 0.622. The van der Waals surface area contributed by atoms with E-state index >= 15 is 0 Å². The summed E-state index contributed by atoms with van der Waals surface area (Å²) in [5.41, 5.74) is 7.88. The first kappa shape index (κ1) is 13.7. The van der Waals surface area contributed by atoms with Crippen LogP contribution in [0.4, 0.5) is 0 Å². The van der Waals surface area contributed by atoms with Crippen molar-refractivity contribution in [2.24, 2.45) is 5.73 Å². The van der Waals surface area contributed by atoms with Crippen LogP contribution in [-0.4, -0.2) is 15.9 Å². The Morgan fingerprint density at radius 3 is 2.70 bits per heavy atom. The predicted octanol–water partition coefficient (Wildman–Crippen LogP) is 3.75. The summed E-state index contributed by atoms with van der Waals surface area (Å²) in [6.07, 6.45) is 2.86. The van der Waals surface area contributed by atoms with Crippen molar-refractivity contribution < 1.29 is 0 Å². The van der Waals surface area contributed by atoms with Crippen LogP contribution in [0.5, 0.6) is 0 Å². The maximum absolute atomic E-state index is 5.74. The van der Waals surface area contributed by atoms with E-state index in [1.165, 1.54) is 10.6 Å². The number of imidazole rings is 1. The molecule has 0 atom stereocenters. The molecule has 20 heavy (non-hydrogen) atoms. The molecule has 2 heterocycles. The molecule has 102 valence electrons. The number of nitrogens with zero attached hydrogens (tertiary/aromatic N) is 2. The Morgan fingerprint density at radius 2 is 1.95 bits per heavy atom. The van der Waals surface area contributed by atoms with Gasteiger partial charge in [-0.15, -0.1) is 0 Å². The summed E-state index contributed by atoms with van der Waals surface area (Å²) < 4.78 is 3.20. The van der Waals surface area contributed by atoms with E-state index in [-0.39, 0.29) is 0 Å². The Balaban J connectivity index is 2.01. The van der Waals surface area contributed by atoms with Crippen LogP contribution in [0.15, 0.2) is 63.1 Å². The maximum atomic E-state index is 5.74. The first-order valence-corrected chi connectivity index (χ1v) is 7.98. The zero-order chi connectivity index (χ0) is 13.9. The van der Waals surface area contributed by atoms with E-state index < -0.39 is 0 Å². The van der Waals surface area contributed by atoms with E-state index in [4.69, 9.17) is 10.7 Å². The lowest BCUT2D eigenvalue weighted by Gasteiger charge is -2.03. The molecular weight excluding hydrogens is 334 g/mol. The third-order valence-corrected chi connectivity index (χ3v) is 4.56. The fourth-order valence-electron chi connectivity index (χ4n) is 2.09. The number of pyridine rings is 1. The van der Waals surface area contributed by atoms with Gasteiger partial charge < -0.3 is 10.1 Å². The van der Waals surface area contributed by atoms with E-state index in [1.807, 2.05) is 36.5 Å². The number of rotatable bonds is 4. The van der Waals surface area contributed by atoms with Gasteiger partial charge in [0.1, 0.15) is 10.7 Å². The summed E-state index contributed by atoms with van der Waals surface area (Å²) in [7, 11) is 0. The van der Waals surface area contributed by atoms with Gasteiger partial charge in [-0.25, -0.2) is 4.98 Å². The lowest BCUT2D eigenvalue weighted by molar-refractivity contribution is 0.876. The molecule has 0 spiro atoms. The molecule has 0 radical (unpaired) electrons. The third-order valence-electron chi connectivity index (χ3n) is 3.00. The van der Waals surface area contributed by atoms with Gasteiger partial charge in [0.25, 0.3) is 0 Å². The van der Waals surface area contributed by atoms with Gasteiger partial charge in [0.05, 0.1) is 5.69 Å². The molecule has 0 saturated heterocycles. The Kier molecular flexibility index (Phi) is 4.10. The van der Waals surface area contributed by atoms with Crippen LogP contribution in [0.2, 0.25) is 0 Å². The van der Waals surface area contributed by atoms with Crippen molar-refractivity contribution in [1.29, 1.82) is 0 Å². The van der Waals surface area contributed by atoms with E-state index in [0.717, 1.165) is 21.6 Å². The van der Waals surface area contributed by atoms with Crippen LogP contribution < -0.4 is 5.73 Å². The highest BCUT2D eigenvalue weighted by Crippen LogP contribution is 2.31. The molecule has 5 heteroatoms. The van der Waals surface area contributed by atoms with Gasteiger partial charge in [0, 0.05) is 22.0 Å². The minimum Gasteiger partial charge on any atom is -0.330 e. The number of fused-ring (bicyclic) bond motifs is 1. The Hall–Kier alpha value is -1.30. The van der Waals surface area contributed by atoms with E-state index in [2.05, 4.69) is 32.5 Å². The van der Waals surface area contributed by atoms with Crippen LogP contribution in [0, 0.1) is 0 Å². The van der Waals surface area contributed by atoms with Gasteiger partial charge in [-0.05, 0) is 42.9 Å². The van der Waals surface area contributed by atoms with Gasteiger partial charge in [-0.3, -0.25) is 0 Å². The van der Waals surface area contributed by atoms with Crippen molar-refractivity contribution >= 4 is 33.3 Å². The molecule has 0 bridgehead atoms. The quantitative estimate of drug-likeness (QED) is 0.781. The normalized spacial score (nSPS) is 11.1. The number of halogens is 1. The minimum absolute atomic E-state index is 0.622. The second kappa shape index (κ2) is 5.99. The number of benzene rings is 1. The van der Waals surface area contributed by atoms with Crippen LogP contribution in [0.25, 0.3) is 5.65 Å². The molecule has 0 aliphatic rings. The van der Waals surface area contributed by atoms with Crippen LogP contribution in [0.1, 0.15) is 5.69 Å². The van der Waals surface area contributed by atoms with Crippen molar-refractivity contribution in [2.75, 3.05) is 6.54 Å². The summed E-state index contributed by atoms with van der Waals surface area (Å²) in [4.78, 5) is 5.88. The van der Waals surface area contributed by atoms with Crippen molar-refractivity contribution in [3.05, 3.63) is 58.8 Å². The Morgan fingerprint density at radius 1 is 1.15 bits per heavy atom. The lowest BCUT2D eigenvalue weighted by atomic mass is 10.3. The number of hydrogen-bond donors (Lipinski definition) is 1. The average molecular weight is 348 g/mol. The second-order valence-corrected chi connectivity index (χ2v) is 6.37. The smallest absolute Gasteiger partial charge is 0.138 e. The molecule has 3 rings (SSSR count). The molecular formula is C15H14BrN3S. The SMILES string of the molecule is NCCc1c(Sc2ccc(Br)cc2)nc2ccccn12.